The van der Waals surface area contributed by atoms with Gasteiger partial charge in [-0.2, -0.15) is 15.1 Å². The van der Waals surface area contributed by atoms with E-state index in [1.165, 1.54) is 12.1 Å². The van der Waals surface area contributed by atoms with Gasteiger partial charge < -0.3 is 11.1 Å². The number of halogens is 2. The highest BCUT2D eigenvalue weighted by Gasteiger charge is 2.17. The predicted molar refractivity (Wildman–Crippen MR) is 83.7 cm³/mol. The van der Waals surface area contributed by atoms with E-state index in [9.17, 15) is 8.78 Å². The number of nitrogens with one attached hydrogen (secondary N) is 1. The summed E-state index contributed by atoms with van der Waals surface area (Å²) in [5.41, 5.74) is 6.83. The van der Waals surface area contributed by atoms with Crippen molar-refractivity contribution >= 4 is 22.8 Å². The van der Waals surface area contributed by atoms with E-state index in [4.69, 9.17) is 5.73 Å². The second-order valence-corrected chi connectivity index (χ2v) is 5.21. The van der Waals surface area contributed by atoms with Crippen molar-refractivity contribution in [2.75, 3.05) is 11.1 Å². The van der Waals surface area contributed by atoms with Crippen LogP contribution in [-0.2, 0) is 7.05 Å². The first-order valence-corrected chi connectivity index (χ1v) is 7.16. The lowest BCUT2D eigenvalue weighted by atomic mass is 10.0. The summed E-state index contributed by atoms with van der Waals surface area (Å²) in [6.45, 7) is 1.88. The Morgan fingerprint density at radius 2 is 2.09 bits per heavy atom. The van der Waals surface area contributed by atoms with Crippen molar-refractivity contribution in [2.45, 2.75) is 19.4 Å². The van der Waals surface area contributed by atoms with E-state index in [1.54, 1.807) is 17.9 Å². The summed E-state index contributed by atoms with van der Waals surface area (Å²) >= 11 is 0. The molecule has 0 fully saturated rings. The van der Waals surface area contributed by atoms with Gasteiger partial charge in [0.2, 0.25) is 5.95 Å². The molecule has 6 nitrogen and oxygen atoms in total. The van der Waals surface area contributed by atoms with Gasteiger partial charge >= 0.3 is 0 Å². The van der Waals surface area contributed by atoms with Crippen molar-refractivity contribution in [3.05, 3.63) is 41.6 Å². The summed E-state index contributed by atoms with van der Waals surface area (Å²) in [5.74, 6) is -0.661. The summed E-state index contributed by atoms with van der Waals surface area (Å²) in [6, 6.07) is 3.10. The molecule has 1 atom stereocenters. The fourth-order valence-corrected chi connectivity index (χ4v) is 2.45. The van der Waals surface area contributed by atoms with Crippen LogP contribution >= 0.6 is 0 Å². The van der Waals surface area contributed by atoms with Crippen LogP contribution in [0.25, 0.3) is 11.0 Å². The van der Waals surface area contributed by atoms with Crippen LogP contribution in [0.3, 0.4) is 0 Å². The van der Waals surface area contributed by atoms with Gasteiger partial charge in [-0.3, -0.25) is 4.68 Å². The van der Waals surface area contributed by atoms with E-state index in [0.29, 0.717) is 28.8 Å². The summed E-state index contributed by atoms with van der Waals surface area (Å²) in [7, 11) is 1.75. The lowest BCUT2D eigenvalue weighted by Crippen LogP contribution is -2.14. The Hall–Kier alpha value is -2.77. The molecule has 3 rings (SSSR count). The van der Waals surface area contributed by atoms with Gasteiger partial charge in [0, 0.05) is 18.7 Å². The van der Waals surface area contributed by atoms with Crippen LogP contribution in [0, 0.1) is 11.6 Å². The van der Waals surface area contributed by atoms with Crippen molar-refractivity contribution in [3.8, 4) is 0 Å². The Morgan fingerprint density at radius 3 is 2.78 bits per heavy atom. The van der Waals surface area contributed by atoms with E-state index in [-0.39, 0.29) is 5.95 Å². The largest absolute Gasteiger partial charge is 0.383 e. The molecule has 3 aromatic rings. The highest BCUT2D eigenvalue weighted by atomic mass is 19.1. The molecule has 0 unspecified atom stereocenters. The van der Waals surface area contributed by atoms with E-state index in [1.807, 2.05) is 6.92 Å². The molecule has 2 heterocycles. The number of nitrogens with two attached hydrogens (primary N) is 1. The third-order valence-corrected chi connectivity index (χ3v) is 3.67. The Bertz CT molecular complexity index is 861. The molecule has 0 saturated heterocycles. The number of hydrogen-bond acceptors (Lipinski definition) is 5. The molecule has 2 aromatic heterocycles. The molecule has 8 heteroatoms. The Kier molecular flexibility index (Phi) is 3.81. The maximum atomic E-state index is 14.0. The van der Waals surface area contributed by atoms with Crippen LogP contribution in [0.5, 0.6) is 0 Å². The van der Waals surface area contributed by atoms with Gasteiger partial charge in [-0.05, 0) is 12.5 Å². The third kappa shape index (κ3) is 2.79. The first-order valence-electron chi connectivity index (χ1n) is 7.16. The molecule has 0 aliphatic heterocycles. The van der Waals surface area contributed by atoms with E-state index < -0.39 is 17.7 Å². The molecule has 0 amide bonds. The summed E-state index contributed by atoms with van der Waals surface area (Å²) < 4.78 is 28.6. The second-order valence-electron chi connectivity index (χ2n) is 5.21. The minimum absolute atomic E-state index is 0.272. The smallest absolute Gasteiger partial charge is 0.227 e. The van der Waals surface area contributed by atoms with E-state index in [2.05, 4.69) is 20.4 Å². The molecule has 120 valence electrons. The number of anilines is 2. The molecule has 3 N–H and O–H groups in total. The van der Waals surface area contributed by atoms with Crippen molar-refractivity contribution in [1.82, 2.24) is 19.7 Å². The van der Waals surface area contributed by atoms with Gasteiger partial charge in [0.1, 0.15) is 17.5 Å². The number of aromatic nitrogens is 4. The SMILES string of the molecule is CC[C@@H](Nc1nc(N)c2cnn(C)c2n1)c1ccc(F)cc1F. The fraction of sp³-hybridized carbons (Fsp3) is 0.267. The second kappa shape index (κ2) is 5.79. The lowest BCUT2D eigenvalue weighted by Gasteiger charge is -2.18. The van der Waals surface area contributed by atoms with Gasteiger partial charge in [0.05, 0.1) is 17.6 Å². The van der Waals surface area contributed by atoms with Gasteiger partial charge in [0.25, 0.3) is 0 Å². The van der Waals surface area contributed by atoms with Gasteiger partial charge in [0.15, 0.2) is 5.65 Å². The lowest BCUT2D eigenvalue weighted by molar-refractivity contribution is 0.558. The summed E-state index contributed by atoms with van der Waals surface area (Å²) in [6.07, 6.45) is 2.15. The van der Waals surface area contributed by atoms with Crippen molar-refractivity contribution in [2.24, 2.45) is 7.05 Å². The fourth-order valence-electron chi connectivity index (χ4n) is 2.45. The van der Waals surface area contributed by atoms with Crippen LogP contribution in [0.15, 0.2) is 24.4 Å². The standard InChI is InChI=1S/C15H16F2N6/c1-3-12(9-5-4-8(16)6-11(9)17)20-15-21-13(18)10-7-19-23(2)14(10)22-15/h4-7,12H,3H2,1-2H3,(H3,18,20,21,22)/t12-/m1/s1. The van der Waals surface area contributed by atoms with Gasteiger partial charge in [-0.25, -0.2) is 8.78 Å². The molecule has 0 aliphatic rings. The molecular weight excluding hydrogens is 302 g/mol. The minimum atomic E-state index is -0.613. The first-order chi connectivity index (χ1) is 11.0. The number of rotatable bonds is 4. The molecule has 0 radical (unpaired) electrons. The highest BCUT2D eigenvalue weighted by Crippen LogP contribution is 2.26. The van der Waals surface area contributed by atoms with Crippen molar-refractivity contribution < 1.29 is 8.78 Å². The van der Waals surface area contributed by atoms with Crippen LogP contribution in [0.2, 0.25) is 0 Å². The normalized spacial score (nSPS) is 12.5. The third-order valence-electron chi connectivity index (χ3n) is 3.67. The van der Waals surface area contributed by atoms with Crippen LogP contribution in [-0.4, -0.2) is 19.7 Å². The molecule has 23 heavy (non-hydrogen) atoms. The topological polar surface area (TPSA) is 81.6 Å². The summed E-state index contributed by atoms with van der Waals surface area (Å²) in [5, 5.41) is 7.79. The van der Waals surface area contributed by atoms with Crippen LogP contribution < -0.4 is 11.1 Å². The quantitative estimate of drug-likeness (QED) is 0.773. The molecule has 0 saturated carbocycles. The van der Waals surface area contributed by atoms with Crippen LogP contribution in [0.1, 0.15) is 24.9 Å². The highest BCUT2D eigenvalue weighted by molar-refractivity contribution is 5.86. The molecular formula is C15H16F2N6. The Morgan fingerprint density at radius 1 is 1.30 bits per heavy atom. The van der Waals surface area contributed by atoms with Crippen molar-refractivity contribution in [1.29, 1.82) is 0 Å². The van der Waals surface area contributed by atoms with Crippen molar-refractivity contribution in [3.63, 3.8) is 0 Å². The minimum Gasteiger partial charge on any atom is -0.383 e. The van der Waals surface area contributed by atoms with Crippen LogP contribution in [0.4, 0.5) is 20.5 Å². The monoisotopic (exact) mass is 318 g/mol. The Balaban J connectivity index is 1.97. The Labute approximate surface area is 131 Å². The van der Waals surface area contributed by atoms with Gasteiger partial charge in [-0.1, -0.05) is 13.0 Å². The van der Waals surface area contributed by atoms with E-state index in [0.717, 1.165) is 6.07 Å². The molecule has 1 aromatic carbocycles. The number of benzene rings is 1. The predicted octanol–water partition coefficient (Wildman–Crippen LogP) is 2.79. The average molecular weight is 318 g/mol. The zero-order valence-electron chi connectivity index (χ0n) is 12.7. The average Bonchev–Trinajstić information content (AvgIpc) is 2.87. The maximum absolute atomic E-state index is 14.0. The first kappa shape index (κ1) is 15.1. The number of aryl methyl sites for hydroxylation is 1. The zero-order valence-corrected chi connectivity index (χ0v) is 12.7. The number of nitrogens with zero attached hydrogens (tertiary/aromatic N) is 4. The number of fused-ring (bicyclic) bond motifs is 1. The molecule has 0 aliphatic carbocycles. The molecule has 0 bridgehead atoms. The van der Waals surface area contributed by atoms with Gasteiger partial charge in [-0.15, -0.1) is 0 Å². The van der Waals surface area contributed by atoms with E-state index >= 15 is 0 Å². The summed E-state index contributed by atoms with van der Waals surface area (Å²) in [4.78, 5) is 8.54. The molecule has 0 spiro atoms. The zero-order chi connectivity index (χ0) is 16.6. The maximum Gasteiger partial charge on any atom is 0.227 e. The number of hydrogen-bond donors (Lipinski definition) is 2. The number of nitrogen functional groups attached to an aromatic ring is 1.